The molecule has 176 valence electrons. The highest BCUT2D eigenvalue weighted by Gasteiger charge is 2.35. The largest absolute Gasteiger partial charge is 0.497 e. The first-order chi connectivity index (χ1) is 16.4. The van der Waals surface area contributed by atoms with Gasteiger partial charge in [0, 0.05) is 9.13 Å². The highest BCUT2D eigenvalue weighted by molar-refractivity contribution is 14.1. The van der Waals surface area contributed by atoms with Gasteiger partial charge in [-0.1, -0.05) is 23.5 Å². The van der Waals surface area contributed by atoms with Crippen LogP contribution >= 0.6 is 33.9 Å². The lowest BCUT2D eigenvalue weighted by Gasteiger charge is -2.26. The van der Waals surface area contributed by atoms with Gasteiger partial charge in [-0.05, 0) is 78.4 Å². The Bertz CT molecular complexity index is 1450. The van der Waals surface area contributed by atoms with Gasteiger partial charge in [-0.2, -0.15) is 0 Å². The number of methoxy groups -OCH3 is 2. The molecule has 1 aromatic heterocycles. The molecule has 0 spiro atoms. The average molecular weight is 590 g/mol. The third-order valence-electron chi connectivity index (χ3n) is 5.42. The van der Waals surface area contributed by atoms with Crippen molar-refractivity contribution in [3.8, 4) is 11.5 Å². The van der Waals surface area contributed by atoms with Crippen LogP contribution in [-0.2, 0) is 9.53 Å². The summed E-state index contributed by atoms with van der Waals surface area (Å²) >= 11 is 3.52. The van der Waals surface area contributed by atoms with Crippen LogP contribution in [0.15, 0.2) is 63.5 Å². The maximum atomic E-state index is 13.7. The molecule has 1 aliphatic rings. The van der Waals surface area contributed by atoms with Gasteiger partial charge in [-0.25, -0.2) is 9.79 Å². The zero-order valence-electron chi connectivity index (χ0n) is 19.1. The lowest BCUT2D eigenvalue weighted by atomic mass is 9.94. The minimum Gasteiger partial charge on any atom is -0.497 e. The molecule has 0 amide bonds. The van der Waals surface area contributed by atoms with Crippen LogP contribution in [0.2, 0.25) is 0 Å². The predicted molar refractivity (Wildman–Crippen MR) is 139 cm³/mol. The van der Waals surface area contributed by atoms with E-state index in [1.807, 2.05) is 30.3 Å². The van der Waals surface area contributed by atoms with Crippen molar-refractivity contribution in [1.29, 1.82) is 0 Å². The monoisotopic (exact) mass is 590 g/mol. The predicted octanol–water partition coefficient (Wildman–Crippen LogP) is 3.42. The molecule has 0 saturated carbocycles. The topological polar surface area (TPSA) is 79.1 Å². The first-order valence-electron chi connectivity index (χ1n) is 10.5. The fraction of sp³-hybridized carbons (Fsp3) is 0.240. The lowest BCUT2D eigenvalue weighted by Crippen LogP contribution is -2.40. The minimum atomic E-state index is -0.778. The molecule has 4 rings (SSSR count). The average Bonchev–Trinajstić information content (AvgIpc) is 3.13. The molecule has 2 aromatic carbocycles. The fourth-order valence-corrected chi connectivity index (χ4v) is 5.26. The minimum absolute atomic E-state index is 0.203. The van der Waals surface area contributed by atoms with Gasteiger partial charge in [0.1, 0.15) is 17.5 Å². The van der Waals surface area contributed by atoms with E-state index in [0.717, 1.165) is 9.13 Å². The Hall–Kier alpha value is -2.92. The van der Waals surface area contributed by atoms with E-state index in [0.29, 0.717) is 37.7 Å². The van der Waals surface area contributed by atoms with E-state index >= 15 is 0 Å². The number of fused-ring (bicyclic) bond motifs is 1. The molecule has 1 atom stereocenters. The third kappa shape index (κ3) is 4.54. The van der Waals surface area contributed by atoms with Crippen molar-refractivity contribution in [3.05, 3.63) is 88.1 Å². The second-order valence-electron chi connectivity index (χ2n) is 7.46. The number of benzene rings is 2. The standard InChI is InChI=1S/C25H23IN2O5S/c1-5-33-24(30)21-14(2)27-25-28(22(21)18-13-17(31-3)10-11-19(18)32-4)23(29)20(34-25)12-15-6-8-16(26)9-7-15/h6-13,22H,5H2,1-4H3/b20-12+/t22-/m0/s1. The van der Waals surface area contributed by atoms with Crippen LogP contribution in [-0.4, -0.2) is 31.4 Å². The van der Waals surface area contributed by atoms with Crippen molar-refractivity contribution in [2.45, 2.75) is 19.9 Å². The molecule has 0 N–H and O–H groups in total. The molecule has 0 unspecified atom stereocenters. The van der Waals surface area contributed by atoms with Crippen LogP contribution in [0.25, 0.3) is 6.08 Å². The maximum absolute atomic E-state index is 13.7. The number of nitrogens with zero attached hydrogens (tertiary/aromatic N) is 2. The zero-order chi connectivity index (χ0) is 24.4. The van der Waals surface area contributed by atoms with Crippen LogP contribution in [0.4, 0.5) is 0 Å². The lowest BCUT2D eigenvalue weighted by molar-refractivity contribution is -0.139. The summed E-state index contributed by atoms with van der Waals surface area (Å²) in [4.78, 5) is 31.9. The van der Waals surface area contributed by atoms with Crippen LogP contribution in [0.3, 0.4) is 0 Å². The first kappa shape index (κ1) is 24.2. The fourth-order valence-electron chi connectivity index (χ4n) is 3.85. The molecular weight excluding hydrogens is 567 g/mol. The Morgan fingerprint density at radius 2 is 1.91 bits per heavy atom. The smallest absolute Gasteiger partial charge is 0.338 e. The Labute approximate surface area is 214 Å². The van der Waals surface area contributed by atoms with E-state index in [9.17, 15) is 9.59 Å². The quantitative estimate of drug-likeness (QED) is 0.325. The zero-order valence-corrected chi connectivity index (χ0v) is 22.1. The SMILES string of the molecule is CCOC(=O)C1=C(C)N=c2s/c(=C/c3ccc(I)cc3)c(=O)n2[C@H]1c1cc(OC)ccc1OC. The van der Waals surface area contributed by atoms with Gasteiger partial charge >= 0.3 is 5.97 Å². The van der Waals surface area contributed by atoms with E-state index in [2.05, 4.69) is 27.6 Å². The molecule has 0 bridgehead atoms. The number of ether oxygens (including phenoxy) is 3. The number of esters is 1. The van der Waals surface area contributed by atoms with Crippen LogP contribution in [0.1, 0.15) is 31.0 Å². The third-order valence-corrected chi connectivity index (χ3v) is 7.12. The summed E-state index contributed by atoms with van der Waals surface area (Å²) in [5.41, 5.74) is 2.06. The van der Waals surface area contributed by atoms with Gasteiger partial charge in [0.2, 0.25) is 0 Å². The van der Waals surface area contributed by atoms with Gasteiger partial charge in [0.05, 0.1) is 36.6 Å². The van der Waals surface area contributed by atoms with E-state index in [1.54, 1.807) is 50.8 Å². The summed E-state index contributed by atoms with van der Waals surface area (Å²) in [7, 11) is 3.11. The number of halogens is 1. The Morgan fingerprint density at radius 3 is 2.56 bits per heavy atom. The van der Waals surface area contributed by atoms with Crippen molar-refractivity contribution in [3.63, 3.8) is 0 Å². The van der Waals surface area contributed by atoms with Gasteiger partial charge in [0.15, 0.2) is 4.80 Å². The van der Waals surface area contributed by atoms with Gasteiger partial charge in [-0.15, -0.1) is 0 Å². The molecule has 0 saturated heterocycles. The summed E-state index contributed by atoms with van der Waals surface area (Å²) in [5.74, 6) is 0.578. The van der Waals surface area contributed by atoms with Crippen LogP contribution in [0, 0.1) is 3.57 Å². The second-order valence-corrected chi connectivity index (χ2v) is 9.72. The second kappa shape index (κ2) is 10.1. The number of aromatic nitrogens is 1. The molecule has 9 heteroatoms. The summed E-state index contributed by atoms with van der Waals surface area (Å²) in [5, 5.41) is 0. The van der Waals surface area contributed by atoms with Gasteiger partial charge in [-0.3, -0.25) is 9.36 Å². The highest BCUT2D eigenvalue weighted by Crippen LogP contribution is 2.37. The number of thiazole rings is 1. The van der Waals surface area contributed by atoms with Crippen molar-refractivity contribution in [2.75, 3.05) is 20.8 Å². The summed E-state index contributed by atoms with van der Waals surface area (Å²) in [6.45, 7) is 3.70. The molecular formula is C25H23IN2O5S. The first-order valence-corrected chi connectivity index (χ1v) is 12.4. The molecule has 1 aliphatic heterocycles. The van der Waals surface area contributed by atoms with Gasteiger partial charge < -0.3 is 14.2 Å². The van der Waals surface area contributed by atoms with E-state index in [-0.39, 0.29) is 12.2 Å². The summed E-state index contributed by atoms with van der Waals surface area (Å²) < 4.78 is 19.6. The number of hydrogen-bond acceptors (Lipinski definition) is 7. The highest BCUT2D eigenvalue weighted by atomic mass is 127. The maximum Gasteiger partial charge on any atom is 0.338 e. The molecule has 0 radical (unpaired) electrons. The van der Waals surface area contributed by atoms with Crippen molar-refractivity contribution < 1.29 is 19.0 Å². The summed E-state index contributed by atoms with van der Waals surface area (Å²) in [6, 6.07) is 12.4. The molecule has 34 heavy (non-hydrogen) atoms. The molecule has 3 aromatic rings. The van der Waals surface area contributed by atoms with E-state index in [4.69, 9.17) is 14.2 Å². The molecule has 7 nitrogen and oxygen atoms in total. The molecule has 0 aliphatic carbocycles. The van der Waals surface area contributed by atoms with Crippen molar-refractivity contribution >= 4 is 46.0 Å². The summed E-state index contributed by atoms with van der Waals surface area (Å²) in [6.07, 6.45) is 1.84. The van der Waals surface area contributed by atoms with Crippen molar-refractivity contribution in [1.82, 2.24) is 4.57 Å². The Kier molecular flexibility index (Phi) is 7.22. The number of carbonyl (C=O) groups is 1. The van der Waals surface area contributed by atoms with Crippen molar-refractivity contribution in [2.24, 2.45) is 4.99 Å². The Morgan fingerprint density at radius 1 is 1.18 bits per heavy atom. The van der Waals surface area contributed by atoms with Crippen LogP contribution in [0.5, 0.6) is 11.5 Å². The number of carbonyl (C=O) groups excluding carboxylic acids is 1. The van der Waals surface area contributed by atoms with E-state index < -0.39 is 12.0 Å². The Balaban J connectivity index is 2.01. The normalized spacial score (nSPS) is 15.6. The van der Waals surface area contributed by atoms with Gasteiger partial charge in [0.25, 0.3) is 5.56 Å². The molecule has 2 heterocycles. The number of allylic oxidation sites excluding steroid dienone is 1. The van der Waals surface area contributed by atoms with E-state index in [1.165, 1.54) is 11.3 Å². The number of hydrogen-bond donors (Lipinski definition) is 0. The number of rotatable bonds is 6. The molecule has 0 fully saturated rings. The van der Waals surface area contributed by atoms with Crippen LogP contribution < -0.4 is 24.4 Å².